The van der Waals surface area contributed by atoms with E-state index < -0.39 is 18.1 Å². The summed E-state index contributed by atoms with van der Waals surface area (Å²) in [6.07, 6.45) is 4.09. The number of carboxylic acid groups (broad SMARTS) is 1. The fourth-order valence-corrected chi connectivity index (χ4v) is 5.62. The Morgan fingerprint density at radius 1 is 1.24 bits per heavy atom. The lowest BCUT2D eigenvalue weighted by atomic mass is 9.84. The topological polar surface area (TPSA) is 137 Å². The van der Waals surface area contributed by atoms with E-state index in [9.17, 15) is 22.8 Å². The second-order valence-corrected chi connectivity index (χ2v) is 11.8. The maximum absolute atomic E-state index is 13.4. The summed E-state index contributed by atoms with van der Waals surface area (Å²) in [4.78, 5) is 44.6. The molecule has 3 fully saturated rings. The van der Waals surface area contributed by atoms with Crippen LogP contribution < -0.4 is 15.6 Å². The van der Waals surface area contributed by atoms with Crippen LogP contribution in [0.1, 0.15) is 75.5 Å². The molecule has 2 aliphatic carbocycles. The van der Waals surface area contributed by atoms with E-state index in [2.05, 4.69) is 24.1 Å². The lowest BCUT2D eigenvalue weighted by Crippen LogP contribution is -2.26. The zero-order valence-corrected chi connectivity index (χ0v) is 23.6. The first-order valence-electron chi connectivity index (χ1n) is 13.6. The molecule has 0 aromatic carbocycles. The van der Waals surface area contributed by atoms with Crippen molar-refractivity contribution in [2.45, 2.75) is 82.7 Å². The smallest absolute Gasteiger partial charge is 0.475 e. The number of hydrogen-bond acceptors (Lipinski definition) is 7. The number of hydrogen-bond donors (Lipinski definition) is 2. The minimum absolute atomic E-state index is 0.0823. The second-order valence-electron chi connectivity index (χ2n) is 11.8. The predicted molar refractivity (Wildman–Crippen MR) is 144 cm³/mol. The van der Waals surface area contributed by atoms with Crippen molar-refractivity contribution in [1.29, 1.82) is 0 Å². The standard InChI is InChI=1S/C26H31N5O4.C2HF3O2/c1-15(2)35-22-17(21(32)27-18-6-5-9-31(23(18)33)19-10-16(19)3)11-30-12-20(28-24(30)29-22)26-8-7-25(4,13-26)34-14-26;3-2(4,5)1(6)7/h5-6,9,11-12,15-16,19H,7-8,10,13-14H2,1-4H3,(H,27,32);(H,6,7)/t16-,19+,25-,26-;/m1./s1. The summed E-state index contributed by atoms with van der Waals surface area (Å²) in [6.45, 7) is 8.68. The Hall–Kier alpha value is -3.94. The summed E-state index contributed by atoms with van der Waals surface area (Å²) in [6, 6.07) is 3.61. The van der Waals surface area contributed by atoms with E-state index in [4.69, 9.17) is 24.4 Å². The number of carboxylic acids is 1. The Balaban J connectivity index is 0.000000451. The van der Waals surface area contributed by atoms with Gasteiger partial charge in [-0.3, -0.25) is 14.0 Å². The van der Waals surface area contributed by atoms with Gasteiger partial charge in [-0.15, -0.1) is 0 Å². The van der Waals surface area contributed by atoms with Crippen molar-refractivity contribution in [3.63, 3.8) is 0 Å². The molecule has 42 heavy (non-hydrogen) atoms. The first-order valence-corrected chi connectivity index (χ1v) is 13.6. The number of imidazole rings is 1. The van der Waals surface area contributed by atoms with Crippen LogP contribution in [-0.4, -0.2) is 60.4 Å². The molecule has 1 aliphatic heterocycles. The second kappa shape index (κ2) is 10.4. The molecule has 226 valence electrons. The maximum Gasteiger partial charge on any atom is 0.490 e. The molecule has 0 radical (unpaired) electrons. The monoisotopic (exact) mass is 591 g/mol. The molecule has 11 nitrogen and oxygen atoms in total. The summed E-state index contributed by atoms with van der Waals surface area (Å²) < 4.78 is 47.2. The van der Waals surface area contributed by atoms with Crippen molar-refractivity contribution in [1.82, 2.24) is 18.9 Å². The molecular formula is C28H32F3N5O6. The summed E-state index contributed by atoms with van der Waals surface area (Å²) >= 11 is 0. The van der Waals surface area contributed by atoms with E-state index in [0.29, 0.717) is 18.3 Å². The van der Waals surface area contributed by atoms with Crippen LogP contribution in [-0.2, 0) is 14.9 Å². The Labute approximate surface area is 238 Å². The van der Waals surface area contributed by atoms with Crippen LogP contribution in [0.5, 0.6) is 5.88 Å². The Bertz CT molecular complexity index is 1590. The third-order valence-electron chi connectivity index (χ3n) is 7.98. The van der Waals surface area contributed by atoms with E-state index >= 15 is 0 Å². The van der Waals surface area contributed by atoms with Gasteiger partial charge in [0, 0.05) is 30.0 Å². The van der Waals surface area contributed by atoms with Crippen molar-refractivity contribution in [2.24, 2.45) is 5.92 Å². The number of amides is 1. The van der Waals surface area contributed by atoms with Crippen molar-refractivity contribution in [3.8, 4) is 5.88 Å². The van der Waals surface area contributed by atoms with Gasteiger partial charge in [-0.05, 0) is 64.5 Å². The average Bonchev–Trinajstić information content (AvgIpc) is 3.22. The molecule has 1 amide bonds. The zero-order valence-electron chi connectivity index (χ0n) is 23.6. The van der Waals surface area contributed by atoms with E-state index in [1.807, 2.05) is 20.0 Å². The summed E-state index contributed by atoms with van der Waals surface area (Å²) in [5.74, 6) is -2.06. The minimum atomic E-state index is -5.08. The largest absolute Gasteiger partial charge is 0.490 e. The lowest BCUT2D eigenvalue weighted by molar-refractivity contribution is -0.192. The molecule has 4 heterocycles. The Kier molecular flexibility index (Phi) is 7.32. The van der Waals surface area contributed by atoms with Crippen LogP contribution >= 0.6 is 0 Å². The zero-order chi connectivity index (χ0) is 30.6. The Morgan fingerprint density at radius 3 is 2.45 bits per heavy atom. The van der Waals surface area contributed by atoms with Crippen molar-refractivity contribution < 1.29 is 37.3 Å². The molecule has 14 heteroatoms. The van der Waals surface area contributed by atoms with Gasteiger partial charge in [-0.2, -0.15) is 18.2 Å². The molecule has 4 atom stereocenters. The highest BCUT2D eigenvalue weighted by Gasteiger charge is 2.55. The normalized spacial score (nSPS) is 26.2. The number of aliphatic carboxylic acids is 1. The molecule has 3 aliphatic rings. The quantitative estimate of drug-likeness (QED) is 0.432. The van der Waals surface area contributed by atoms with E-state index in [-0.39, 0.29) is 45.9 Å². The number of fused-ring (bicyclic) bond motifs is 3. The maximum atomic E-state index is 13.4. The predicted octanol–water partition coefficient (Wildman–Crippen LogP) is 4.36. The van der Waals surface area contributed by atoms with Gasteiger partial charge in [0.2, 0.25) is 11.7 Å². The number of carbonyl (C=O) groups excluding carboxylic acids is 1. The van der Waals surface area contributed by atoms with Crippen LogP contribution in [0.4, 0.5) is 18.9 Å². The highest BCUT2D eigenvalue weighted by Crippen LogP contribution is 2.53. The number of nitrogens with one attached hydrogen (secondary N) is 1. The number of rotatable bonds is 6. The highest BCUT2D eigenvalue weighted by molar-refractivity contribution is 6.05. The molecule has 2 saturated carbocycles. The van der Waals surface area contributed by atoms with Gasteiger partial charge in [0.25, 0.3) is 11.5 Å². The number of alkyl halides is 3. The molecular weight excluding hydrogens is 559 g/mol. The van der Waals surface area contributed by atoms with E-state index in [1.165, 1.54) is 0 Å². The fourth-order valence-electron chi connectivity index (χ4n) is 5.62. The van der Waals surface area contributed by atoms with Gasteiger partial charge < -0.3 is 24.5 Å². The van der Waals surface area contributed by atoms with Gasteiger partial charge in [0.15, 0.2) is 0 Å². The number of nitrogens with zero attached hydrogens (tertiary/aromatic N) is 4. The first kappa shape index (κ1) is 29.5. The average molecular weight is 592 g/mol. The van der Waals surface area contributed by atoms with Gasteiger partial charge >= 0.3 is 12.1 Å². The first-order chi connectivity index (χ1) is 19.6. The number of carbonyl (C=O) groups is 2. The number of ether oxygens (including phenoxy) is 2. The third kappa shape index (κ3) is 5.72. The van der Waals surface area contributed by atoms with Crippen LogP contribution in [0.2, 0.25) is 0 Å². The summed E-state index contributed by atoms with van der Waals surface area (Å²) in [5.41, 5.74) is 1.03. The third-order valence-corrected chi connectivity index (χ3v) is 7.98. The van der Waals surface area contributed by atoms with E-state index in [0.717, 1.165) is 31.4 Å². The molecule has 2 N–H and O–H groups in total. The minimum Gasteiger partial charge on any atom is -0.475 e. The molecule has 0 spiro atoms. The van der Waals surface area contributed by atoms with Gasteiger partial charge in [0.1, 0.15) is 11.3 Å². The van der Waals surface area contributed by atoms with E-state index in [1.54, 1.807) is 33.5 Å². The molecule has 3 aromatic heterocycles. The molecule has 2 bridgehead atoms. The summed E-state index contributed by atoms with van der Waals surface area (Å²) in [7, 11) is 0. The van der Waals surface area contributed by atoms with Crippen LogP contribution in [0.15, 0.2) is 35.5 Å². The fraction of sp³-hybridized carbons (Fsp3) is 0.536. The van der Waals surface area contributed by atoms with Crippen LogP contribution in [0.3, 0.4) is 0 Å². The van der Waals surface area contributed by atoms with Gasteiger partial charge in [-0.25, -0.2) is 9.78 Å². The molecule has 1 saturated heterocycles. The molecule has 3 aromatic rings. The Morgan fingerprint density at radius 2 is 1.93 bits per heavy atom. The SMILES string of the molecule is CC(C)Oc1nc2nc([C@]34CC[C@](C)(C3)OC4)cn2cc1C(=O)Nc1cccn([C@H]2C[C@H]2C)c1=O.O=C(O)C(F)(F)F. The van der Waals surface area contributed by atoms with Crippen LogP contribution in [0.25, 0.3) is 5.78 Å². The summed E-state index contributed by atoms with van der Waals surface area (Å²) in [5, 5.41) is 9.91. The van der Waals surface area contributed by atoms with Gasteiger partial charge in [-0.1, -0.05) is 6.92 Å². The highest BCUT2D eigenvalue weighted by atomic mass is 19.4. The van der Waals surface area contributed by atoms with Crippen molar-refractivity contribution in [3.05, 3.63) is 52.3 Å². The molecule has 6 rings (SSSR count). The van der Waals surface area contributed by atoms with Crippen molar-refractivity contribution >= 4 is 23.3 Å². The van der Waals surface area contributed by atoms with Crippen LogP contribution in [0, 0.1) is 5.92 Å². The number of aromatic nitrogens is 4. The lowest BCUT2D eigenvalue weighted by Gasteiger charge is -2.24. The molecule has 0 unspecified atom stereocenters. The number of halogens is 3. The number of anilines is 1. The van der Waals surface area contributed by atoms with Crippen molar-refractivity contribution in [2.75, 3.05) is 11.9 Å². The number of pyridine rings is 1. The van der Waals surface area contributed by atoms with Gasteiger partial charge in [0.05, 0.1) is 24.0 Å².